The average molecular weight is 717 g/mol. The fourth-order valence-corrected chi connectivity index (χ4v) is 3.58. The minimum absolute atomic E-state index is 0.000279. The average Bonchev–Trinajstić information content (AvgIpc) is 3.11. The van der Waals surface area contributed by atoms with E-state index in [1.165, 1.54) is 0 Å². The Bertz CT molecular complexity index is 1340. The summed E-state index contributed by atoms with van der Waals surface area (Å²) in [6, 6.07) is 20.9. The quantitative estimate of drug-likeness (QED) is 0.0347. The van der Waals surface area contributed by atoms with Crippen molar-refractivity contribution in [1.29, 1.82) is 16.2 Å². The smallest absolute Gasteiger partial charge is 0.290 e. The largest absolute Gasteiger partial charge is 0.491 e. The first-order valence-corrected chi connectivity index (χ1v) is 14.8. The zero-order valence-electron chi connectivity index (χ0n) is 27.6. The third-order valence-corrected chi connectivity index (χ3v) is 5.80. The van der Waals surface area contributed by atoms with Crippen LogP contribution >= 0.6 is 0 Å². The van der Waals surface area contributed by atoms with E-state index in [1.807, 2.05) is 0 Å². The monoisotopic (exact) mass is 716 g/mol. The molecule has 3 rings (SSSR count). The predicted molar refractivity (Wildman–Crippen MR) is 186 cm³/mol. The second kappa shape index (κ2) is 28.7. The lowest BCUT2D eigenvalue weighted by atomic mass is 10.2. The number of nitrogens with one attached hydrogen (secondary N) is 3. The number of carboxylic acid groups (broad SMARTS) is 3. The minimum atomic E-state index is -0.349. The number of amidine groups is 3. The molecule has 0 spiro atoms. The Labute approximate surface area is 294 Å². The van der Waals surface area contributed by atoms with E-state index in [0.29, 0.717) is 73.6 Å². The molecule has 3 aromatic carbocycles. The second-order valence-corrected chi connectivity index (χ2v) is 9.32. The summed E-state index contributed by atoms with van der Waals surface area (Å²) < 4.78 is 34.6. The van der Waals surface area contributed by atoms with Crippen molar-refractivity contribution in [1.82, 2.24) is 0 Å². The van der Waals surface area contributed by atoms with Gasteiger partial charge >= 0.3 is 0 Å². The van der Waals surface area contributed by atoms with Crippen LogP contribution in [0.25, 0.3) is 0 Å². The van der Waals surface area contributed by atoms with E-state index in [2.05, 4.69) is 0 Å². The van der Waals surface area contributed by atoms with Crippen molar-refractivity contribution in [3.8, 4) is 17.2 Å². The molecule has 0 amide bonds. The summed E-state index contributed by atoms with van der Waals surface area (Å²) in [4.78, 5) is 25.1. The molecular formula is C33H44N6O12. The molecule has 0 aliphatic rings. The Morgan fingerprint density at radius 1 is 0.510 bits per heavy atom. The van der Waals surface area contributed by atoms with Gasteiger partial charge in [0, 0.05) is 16.7 Å². The Hall–Kier alpha value is -6.24. The maximum atomic E-state index is 8.36. The van der Waals surface area contributed by atoms with Gasteiger partial charge in [0.2, 0.25) is 0 Å². The van der Waals surface area contributed by atoms with E-state index in [1.54, 1.807) is 72.8 Å². The van der Waals surface area contributed by atoms with Crippen LogP contribution in [0.4, 0.5) is 0 Å². The molecule has 18 heteroatoms. The molecule has 0 heterocycles. The van der Waals surface area contributed by atoms with Gasteiger partial charge in [0.05, 0.1) is 33.0 Å². The molecule has 0 fully saturated rings. The van der Waals surface area contributed by atoms with Gasteiger partial charge in [0.1, 0.15) is 60.7 Å². The van der Waals surface area contributed by atoms with Gasteiger partial charge in [-0.1, -0.05) is 0 Å². The fraction of sp³-hybridized carbons (Fsp3) is 0.273. The Kier molecular flexibility index (Phi) is 25.2. The first kappa shape index (κ1) is 44.8. The van der Waals surface area contributed by atoms with Crippen LogP contribution in [0.1, 0.15) is 16.7 Å². The molecule has 18 nitrogen and oxygen atoms in total. The number of carbonyl (C=O) groups is 3. The van der Waals surface area contributed by atoms with E-state index in [0.717, 1.165) is 0 Å². The number of hydrogen-bond donors (Lipinski definition) is 9. The van der Waals surface area contributed by atoms with Gasteiger partial charge < -0.3 is 60.9 Å². The van der Waals surface area contributed by atoms with Crippen LogP contribution in [-0.2, 0) is 28.6 Å². The third-order valence-electron chi connectivity index (χ3n) is 5.80. The van der Waals surface area contributed by atoms with Gasteiger partial charge in [-0.05, 0) is 72.8 Å². The highest BCUT2D eigenvalue weighted by atomic mass is 16.6. The van der Waals surface area contributed by atoms with Crippen molar-refractivity contribution in [2.24, 2.45) is 17.2 Å². The lowest BCUT2D eigenvalue weighted by Gasteiger charge is -2.19. The highest BCUT2D eigenvalue weighted by Crippen LogP contribution is 2.14. The molecule has 0 unspecified atom stereocenters. The van der Waals surface area contributed by atoms with Gasteiger partial charge in [-0.2, -0.15) is 0 Å². The summed E-state index contributed by atoms with van der Waals surface area (Å²) in [5.74, 6) is 1.97. The summed E-state index contributed by atoms with van der Waals surface area (Å²) in [6.45, 7) is 1.80. The molecule has 278 valence electrons. The Morgan fingerprint density at radius 3 is 1.02 bits per heavy atom. The van der Waals surface area contributed by atoms with E-state index in [-0.39, 0.29) is 56.2 Å². The van der Waals surface area contributed by atoms with Crippen LogP contribution in [0.3, 0.4) is 0 Å². The number of rotatable bonds is 20. The van der Waals surface area contributed by atoms with E-state index in [9.17, 15) is 0 Å². The van der Waals surface area contributed by atoms with Gasteiger partial charge in [0.25, 0.3) is 19.4 Å². The SMILES string of the molecule is N=C(N)c1ccc(OCCOCC(COCCOc2ccc(C(=N)N)cc2)OCCOc2ccc(C(=N)N)cc2)cc1.O=CO.O=CO.O=CO. The van der Waals surface area contributed by atoms with Crippen LogP contribution in [-0.4, -0.2) is 111 Å². The summed E-state index contributed by atoms with van der Waals surface area (Å²) >= 11 is 0. The van der Waals surface area contributed by atoms with Gasteiger partial charge in [-0.3, -0.25) is 30.6 Å². The molecule has 0 saturated carbocycles. The van der Waals surface area contributed by atoms with Gasteiger partial charge in [0.15, 0.2) is 0 Å². The van der Waals surface area contributed by atoms with Crippen LogP contribution in [0.15, 0.2) is 72.8 Å². The summed E-state index contributed by atoms with van der Waals surface area (Å²) in [7, 11) is 0. The van der Waals surface area contributed by atoms with Crippen LogP contribution < -0.4 is 31.4 Å². The molecule has 0 aliphatic heterocycles. The van der Waals surface area contributed by atoms with Crippen molar-refractivity contribution in [2.45, 2.75) is 6.10 Å². The van der Waals surface area contributed by atoms with Crippen molar-refractivity contribution in [3.05, 3.63) is 89.5 Å². The molecular weight excluding hydrogens is 672 g/mol. The van der Waals surface area contributed by atoms with Crippen LogP contribution in [0, 0.1) is 16.2 Å². The number of nitrogens with two attached hydrogens (primary N) is 3. The molecule has 0 saturated heterocycles. The maximum absolute atomic E-state index is 8.36. The molecule has 0 aliphatic carbocycles. The lowest BCUT2D eigenvalue weighted by molar-refractivity contribution is -0.123. The normalized spacial score (nSPS) is 10.1. The first-order chi connectivity index (χ1) is 24.6. The maximum Gasteiger partial charge on any atom is 0.290 e. The zero-order valence-corrected chi connectivity index (χ0v) is 27.6. The summed E-state index contributed by atoms with van der Waals surface area (Å²) in [5.41, 5.74) is 18.3. The zero-order chi connectivity index (χ0) is 38.3. The lowest BCUT2D eigenvalue weighted by Crippen LogP contribution is -2.29. The fourth-order valence-electron chi connectivity index (χ4n) is 3.58. The molecule has 12 N–H and O–H groups in total. The number of ether oxygens (including phenoxy) is 6. The standard InChI is InChI=1S/C30H38N6O6.3CH2O2/c31-28(32)21-1-7-24(8-2-21)39-15-13-37-19-27(42-18-17-41-26-11-5-23(6-12-26)30(35)36)20-38-14-16-40-25-9-3-22(4-10-25)29(33)34;3*2-1-3/h1-12,27H,13-20H2,(H3,31,32)(H3,33,34)(H3,35,36);3*1H,(H,2,3). The van der Waals surface area contributed by atoms with Crippen molar-refractivity contribution in [2.75, 3.05) is 52.9 Å². The molecule has 0 radical (unpaired) electrons. The number of hydrogen-bond acceptors (Lipinski definition) is 12. The van der Waals surface area contributed by atoms with Crippen molar-refractivity contribution in [3.63, 3.8) is 0 Å². The minimum Gasteiger partial charge on any atom is -0.491 e. The van der Waals surface area contributed by atoms with Gasteiger partial charge in [-0.25, -0.2) is 0 Å². The first-order valence-electron chi connectivity index (χ1n) is 14.8. The molecule has 0 atom stereocenters. The Morgan fingerprint density at radius 2 is 0.765 bits per heavy atom. The molecule has 51 heavy (non-hydrogen) atoms. The topological polar surface area (TPSA) is 317 Å². The highest BCUT2D eigenvalue weighted by molar-refractivity contribution is 5.95. The van der Waals surface area contributed by atoms with E-state index >= 15 is 0 Å². The molecule has 0 aromatic heterocycles. The van der Waals surface area contributed by atoms with Crippen LogP contribution in [0.2, 0.25) is 0 Å². The van der Waals surface area contributed by atoms with Crippen LogP contribution in [0.5, 0.6) is 17.2 Å². The van der Waals surface area contributed by atoms with Gasteiger partial charge in [-0.15, -0.1) is 0 Å². The van der Waals surface area contributed by atoms with Crippen molar-refractivity contribution >= 4 is 36.9 Å². The molecule has 3 aromatic rings. The summed E-state index contributed by atoms with van der Waals surface area (Å²) in [5, 5.41) is 43.0. The number of nitrogen functional groups attached to an aromatic ring is 3. The van der Waals surface area contributed by atoms with E-state index in [4.69, 9.17) is 91.6 Å². The molecule has 0 bridgehead atoms. The summed E-state index contributed by atoms with van der Waals surface area (Å²) in [6.07, 6.45) is -0.349. The van der Waals surface area contributed by atoms with Crippen molar-refractivity contribution < 1.29 is 58.1 Å². The Balaban J connectivity index is 0.00000251. The highest BCUT2D eigenvalue weighted by Gasteiger charge is 2.11. The second-order valence-electron chi connectivity index (χ2n) is 9.32. The third kappa shape index (κ3) is 22.1. The van der Waals surface area contributed by atoms with E-state index < -0.39 is 0 Å². The number of benzene rings is 3. The predicted octanol–water partition coefficient (Wildman–Crippen LogP) is 1.60.